The molecule has 0 aliphatic carbocycles. The second-order valence-corrected chi connectivity index (χ2v) is 8.93. The third kappa shape index (κ3) is 4.93. The fourth-order valence-electron chi connectivity index (χ4n) is 3.42. The monoisotopic (exact) mass is 468 g/mol. The molecule has 0 atom stereocenters. The van der Waals surface area contributed by atoms with Crippen LogP contribution in [-0.2, 0) is 23.1 Å². The Balaban J connectivity index is 2.02. The lowest BCUT2D eigenvalue weighted by Crippen LogP contribution is -2.29. The number of methoxy groups -OCH3 is 1. The minimum absolute atomic E-state index is 0.0552. The van der Waals surface area contributed by atoms with Crippen LogP contribution in [-0.4, -0.2) is 40.0 Å². The molecule has 9 heteroatoms. The SMILES string of the molecule is COCCCN1C(=O)/C(=C\c2c(C)c(C#N)c(=O)n(C)c2NCc2ccccc2)SC1=S. The highest BCUT2D eigenvalue weighted by molar-refractivity contribution is 8.26. The molecule has 0 radical (unpaired) electrons. The fraction of sp³-hybridized carbons (Fsp3) is 0.304. The van der Waals surface area contributed by atoms with Gasteiger partial charge in [0, 0.05) is 39.4 Å². The number of carbonyl (C=O) groups excluding carboxylic acids is 1. The van der Waals surface area contributed by atoms with E-state index in [2.05, 4.69) is 5.32 Å². The van der Waals surface area contributed by atoms with E-state index in [1.54, 1.807) is 32.1 Å². The first-order valence-electron chi connectivity index (χ1n) is 10.0. The summed E-state index contributed by atoms with van der Waals surface area (Å²) >= 11 is 6.62. The molecule has 7 nitrogen and oxygen atoms in total. The van der Waals surface area contributed by atoms with Crippen LogP contribution < -0.4 is 10.9 Å². The van der Waals surface area contributed by atoms with Gasteiger partial charge in [0.25, 0.3) is 11.5 Å². The molecule has 0 saturated carbocycles. The minimum atomic E-state index is -0.384. The molecule has 1 N–H and O–H groups in total. The lowest BCUT2D eigenvalue weighted by Gasteiger charge is -2.18. The van der Waals surface area contributed by atoms with Gasteiger partial charge in [-0.3, -0.25) is 19.1 Å². The number of pyridine rings is 1. The molecule has 3 rings (SSSR count). The molecule has 1 saturated heterocycles. The first kappa shape index (κ1) is 23.7. The van der Waals surface area contributed by atoms with Crippen molar-refractivity contribution in [2.45, 2.75) is 19.9 Å². The second-order valence-electron chi connectivity index (χ2n) is 7.26. The number of amides is 1. The van der Waals surface area contributed by atoms with E-state index >= 15 is 0 Å². The van der Waals surface area contributed by atoms with Gasteiger partial charge in [0.15, 0.2) is 0 Å². The van der Waals surface area contributed by atoms with Gasteiger partial charge in [-0.15, -0.1) is 0 Å². The third-order valence-electron chi connectivity index (χ3n) is 5.18. The first-order chi connectivity index (χ1) is 15.4. The summed E-state index contributed by atoms with van der Waals surface area (Å²) in [5.41, 5.74) is 1.86. The third-order valence-corrected chi connectivity index (χ3v) is 6.56. The highest BCUT2D eigenvalue weighted by atomic mass is 32.2. The van der Waals surface area contributed by atoms with Crippen molar-refractivity contribution >= 4 is 46.1 Å². The molecule has 2 aromatic rings. The molecule has 1 aromatic carbocycles. The molecule has 1 aliphatic rings. The van der Waals surface area contributed by atoms with Crippen LogP contribution in [0.4, 0.5) is 5.82 Å². The van der Waals surface area contributed by atoms with Gasteiger partial charge in [-0.1, -0.05) is 54.3 Å². The lowest BCUT2D eigenvalue weighted by molar-refractivity contribution is -0.122. The number of nitrogens with one attached hydrogen (secondary N) is 1. The van der Waals surface area contributed by atoms with E-state index in [1.165, 1.54) is 16.3 Å². The van der Waals surface area contributed by atoms with Crippen molar-refractivity contribution in [1.29, 1.82) is 5.26 Å². The van der Waals surface area contributed by atoms with Crippen molar-refractivity contribution in [3.8, 4) is 6.07 Å². The van der Waals surface area contributed by atoms with Crippen LogP contribution in [0.25, 0.3) is 6.08 Å². The largest absolute Gasteiger partial charge is 0.385 e. The van der Waals surface area contributed by atoms with Gasteiger partial charge in [0.05, 0.1) is 4.91 Å². The summed E-state index contributed by atoms with van der Waals surface area (Å²) in [4.78, 5) is 27.7. The summed E-state index contributed by atoms with van der Waals surface area (Å²) in [6.07, 6.45) is 2.40. The topological polar surface area (TPSA) is 87.4 Å². The molecule has 32 heavy (non-hydrogen) atoms. The first-order valence-corrected chi connectivity index (χ1v) is 11.3. The molecule has 0 bridgehead atoms. The molecule has 1 amide bonds. The molecular weight excluding hydrogens is 444 g/mol. The van der Waals surface area contributed by atoms with Gasteiger partial charge >= 0.3 is 0 Å². The number of hydrogen-bond acceptors (Lipinski definition) is 7. The molecule has 166 valence electrons. The van der Waals surface area contributed by atoms with Gasteiger partial charge in [-0.25, -0.2) is 0 Å². The van der Waals surface area contributed by atoms with E-state index in [-0.39, 0.29) is 17.0 Å². The van der Waals surface area contributed by atoms with Crippen LogP contribution in [0.2, 0.25) is 0 Å². The van der Waals surface area contributed by atoms with E-state index < -0.39 is 0 Å². The van der Waals surface area contributed by atoms with Crippen LogP contribution >= 0.6 is 24.0 Å². The predicted molar refractivity (Wildman–Crippen MR) is 131 cm³/mol. The van der Waals surface area contributed by atoms with Crippen molar-refractivity contribution in [3.05, 3.63) is 67.8 Å². The number of nitriles is 1. The number of ether oxygens (including phenoxy) is 1. The smallest absolute Gasteiger partial charge is 0.270 e. The number of carbonyl (C=O) groups is 1. The Labute approximate surface area is 196 Å². The molecule has 0 spiro atoms. The average Bonchev–Trinajstić information content (AvgIpc) is 3.05. The summed E-state index contributed by atoms with van der Waals surface area (Å²) in [5, 5.41) is 12.9. The zero-order chi connectivity index (χ0) is 23.3. The van der Waals surface area contributed by atoms with Gasteiger partial charge in [-0.05, 0) is 30.5 Å². The normalized spacial score (nSPS) is 14.8. The van der Waals surface area contributed by atoms with E-state index in [0.717, 1.165) is 5.56 Å². The average molecular weight is 469 g/mol. The number of thiocarbonyl (C=S) groups is 1. The van der Waals surface area contributed by atoms with Crippen molar-refractivity contribution in [2.24, 2.45) is 7.05 Å². The Bertz CT molecular complexity index is 1170. The summed E-state index contributed by atoms with van der Waals surface area (Å²) in [7, 11) is 3.23. The van der Waals surface area contributed by atoms with E-state index in [0.29, 0.717) is 52.3 Å². The van der Waals surface area contributed by atoms with Gasteiger partial charge < -0.3 is 10.1 Å². The van der Waals surface area contributed by atoms with E-state index in [1.807, 2.05) is 36.4 Å². The lowest BCUT2D eigenvalue weighted by atomic mass is 10.0. The Kier molecular flexibility index (Phi) is 7.85. The van der Waals surface area contributed by atoms with Crippen molar-refractivity contribution in [3.63, 3.8) is 0 Å². The molecule has 2 heterocycles. The van der Waals surface area contributed by atoms with Crippen LogP contribution in [0.1, 0.15) is 28.7 Å². The van der Waals surface area contributed by atoms with Crippen molar-refractivity contribution < 1.29 is 9.53 Å². The number of nitrogens with zero attached hydrogens (tertiary/aromatic N) is 3. The zero-order valence-electron chi connectivity index (χ0n) is 18.2. The van der Waals surface area contributed by atoms with Crippen LogP contribution in [0.5, 0.6) is 0 Å². The number of rotatable bonds is 8. The highest BCUT2D eigenvalue weighted by Gasteiger charge is 2.32. The highest BCUT2D eigenvalue weighted by Crippen LogP contribution is 2.35. The maximum absolute atomic E-state index is 13.0. The quantitative estimate of drug-likeness (QED) is 0.361. The Hall–Kier alpha value is -2.93. The number of hydrogen-bond donors (Lipinski definition) is 1. The summed E-state index contributed by atoms with van der Waals surface area (Å²) < 4.78 is 6.97. The molecule has 1 aromatic heterocycles. The molecular formula is C23H24N4O3S2. The zero-order valence-corrected chi connectivity index (χ0v) is 19.8. The Morgan fingerprint density at radius 1 is 1.28 bits per heavy atom. The number of aromatic nitrogens is 1. The second kappa shape index (κ2) is 10.6. The molecule has 0 unspecified atom stereocenters. The fourth-order valence-corrected chi connectivity index (χ4v) is 4.71. The number of thioether (sulfide) groups is 1. The minimum Gasteiger partial charge on any atom is -0.385 e. The molecule has 1 aliphatic heterocycles. The van der Waals surface area contributed by atoms with Gasteiger partial charge in [-0.2, -0.15) is 5.26 Å². The van der Waals surface area contributed by atoms with E-state index in [4.69, 9.17) is 17.0 Å². The Morgan fingerprint density at radius 3 is 2.66 bits per heavy atom. The van der Waals surface area contributed by atoms with Crippen molar-refractivity contribution in [1.82, 2.24) is 9.47 Å². The summed E-state index contributed by atoms with van der Waals surface area (Å²) in [5.74, 6) is 0.358. The van der Waals surface area contributed by atoms with Crippen LogP contribution in [0.15, 0.2) is 40.0 Å². The standard InChI is InChI=1S/C23H24N4O3S2/c1-15-17(12-19-22(29)27(23(31)32-19)10-7-11-30-3)20(26(2)21(28)18(15)13-24)25-14-16-8-5-4-6-9-16/h4-6,8-9,12,25H,7,10-11,14H2,1-3H3/b19-12+. The summed E-state index contributed by atoms with van der Waals surface area (Å²) in [6.45, 7) is 3.22. The number of benzene rings is 1. The number of anilines is 1. The maximum atomic E-state index is 13.0. The van der Waals surface area contributed by atoms with Crippen LogP contribution in [0.3, 0.4) is 0 Å². The van der Waals surface area contributed by atoms with Gasteiger partial charge in [0.1, 0.15) is 21.8 Å². The van der Waals surface area contributed by atoms with E-state index in [9.17, 15) is 14.9 Å². The van der Waals surface area contributed by atoms with Crippen LogP contribution in [0, 0.1) is 18.3 Å². The summed E-state index contributed by atoms with van der Waals surface area (Å²) in [6, 6.07) is 11.8. The Morgan fingerprint density at radius 2 is 2.00 bits per heavy atom. The van der Waals surface area contributed by atoms with Crippen molar-refractivity contribution in [2.75, 3.05) is 25.6 Å². The molecule has 1 fully saturated rings. The predicted octanol–water partition coefficient (Wildman–Crippen LogP) is 3.42. The van der Waals surface area contributed by atoms with Gasteiger partial charge in [0.2, 0.25) is 0 Å². The maximum Gasteiger partial charge on any atom is 0.270 e.